The van der Waals surface area contributed by atoms with Crippen molar-refractivity contribution in [2.45, 2.75) is 18.6 Å². The maximum Gasteiger partial charge on any atom is 0.326 e. The highest BCUT2D eigenvalue weighted by Crippen LogP contribution is 2.22. The number of hydrogen-bond donors (Lipinski definition) is 0. The van der Waals surface area contributed by atoms with E-state index in [1.807, 2.05) is 12.1 Å². The van der Waals surface area contributed by atoms with Gasteiger partial charge in [-0.3, -0.25) is 19.0 Å². The van der Waals surface area contributed by atoms with E-state index < -0.39 is 5.97 Å². The van der Waals surface area contributed by atoms with E-state index in [9.17, 15) is 14.4 Å². The van der Waals surface area contributed by atoms with Gasteiger partial charge in [0.15, 0.2) is 5.16 Å². The lowest BCUT2D eigenvalue weighted by Crippen LogP contribution is -2.38. The maximum atomic E-state index is 13.2. The molecule has 2 heterocycles. The molecule has 34 heavy (non-hydrogen) atoms. The summed E-state index contributed by atoms with van der Waals surface area (Å²) in [6, 6.07) is 19.5. The Morgan fingerprint density at radius 3 is 2.56 bits per heavy atom. The zero-order chi connectivity index (χ0) is 23.9. The second kappa shape index (κ2) is 10.8. The Labute approximate surface area is 200 Å². The molecule has 0 saturated heterocycles. The zero-order valence-corrected chi connectivity index (χ0v) is 19.4. The van der Waals surface area contributed by atoms with E-state index in [4.69, 9.17) is 9.15 Å². The first kappa shape index (κ1) is 23.3. The summed E-state index contributed by atoms with van der Waals surface area (Å²) in [6.45, 7) is 1.92. The number of amides is 1. The van der Waals surface area contributed by atoms with Gasteiger partial charge in [-0.2, -0.15) is 0 Å². The smallest absolute Gasteiger partial charge is 0.326 e. The number of fused-ring (bicyclic) bond motifs is 1. The van der Waals surface area contributed by atoms with Crippen LogP contribution < -0.4 is 10.5 Å². The fourth-order valence-electron chi connectivity index (χ4n) is 3.43. The summed E-state index contributed by atoms with van der Waals surface area (Å²) in [4.78, 5) is 44.5. The van der Waals surface area contributed by atoms with E-state index in [-0.39, 0.29) is 36.9 Å². The van der Waals surface area contributed by atoms with Crippen LogP contribution in [-0.4, -0.2) is 40.3 Å². The molecular formula is C25H23N3O5S. The molecule has 2 aromatic heterocycles. The van der Waals surface area contributed by atoms with Gasteiger partial charge in [0.2, 0.25) is 5.91 Å². The third kappa shape index (κ3) is 5.37. The normalized spacial score (nSPS) is 10.9. The van der Waals surface area contributed by atoms with Crippen molar-refractivity contribution in [2.75, 3.05) is 23.8 Å². The number of rotatable bonds is 9. The predicted molar refractivity (Wildman–Crippen MR) is 130 cm³/mol. The third-order valence-corrected chi connectivity index (χ3v) is 5.97. The fraction of sp³-hybridized carbons (Fsp3) is 0.200. The molecule has 2 aromatic carbocycles. The topological polar surface area (TPSA) is 94.6 Å². The third-order valence-electron chi connectivity index (χ3n) is 5.01. The van der Waals surface area contributed by atoms with Crippen LogP contribution in [-0.2, 0) is 20.9 Å². The number of ether oxygens (including phenoxy) is 1. The Kier molecular flexibility index (Phi) is 7.44. The zero-order valence-electron chi connectivity index (χ0n) is 18.5. The lowest BCUT2D eigenvalue weighted by atomic mass is 10.2. The number of hydrogen-bond acceptors (Lipinski definition) is 7. The molecule has 0 N–H and O–H groups in total. The molecule has 0 bridgehead atoms. The molecule has 174 valence electrons. The van der Waals surface area contributed by atoms with Gasteiger partial charge in [0, 0.05) is 5.69 Å². The van der Waals surface area contributed by atoms with E-state index >= 15 is 0 Å². The minimum absolute atomic E-state index is 0.0305. The molecule has 0 radical (unpaired) electrons. The molecule has 0 atom stereocenters. The lowest BCUT2D eigenvalue weighted by molar-refractivity contribution is -0.142. The van der Waals surface area contributed by atoms with Crippen molar-refractivity contribution in [2.24, 2.45) is 0 Å². The summed E-state index contributed by atoms with van der Waals surface area (Å²) >= 11 is 1.14. The van der Waals surface area contributed by atoms with Crippen LogP contribution in [0.4, 0.5) is 5.69 Å². The standard InChI is InChI=1S/C25H23N3O5S/c1-2-32-23(30)16-27(18-9-4-3-5-10-18)22(29)17-34-25-26-21-13-7-6-12-20(21)24(31)28(25)15-19-11-8-14-33-19/h3-14H,2,15-17H2,1H3. The Bertz CT molecular complexity index is 1340. The van der Waals surface area contributed by atoms with Crippen LogP contribution in [0.1, 0.15) is 12.7 Å². The Balaban J connectivity index is 1.62. The van der Waals surface area contributed by atoms with E-state index in [0.29, 0.717) is 27.5 Å². The lowest BCUT2D eigenvalue weighted by Gasteiger charge is -2.22. The van der Waals surface area contributed by atoms with E-state index in [1.165, 1.54) is 15.7 Å². The van der Waals surface area contributed by atoms with Crippen molar-refractivity contribution in [3.8, 4) is 0 Å². The molecular weight excluding hydrogens is 454 g/mol. The molecule has 4 rings (SSSR count). The van der Waals surface area contributed by atoms with Crippen molar-refractivity contribution in [1.82, 2.24) is 9.55 Å². The van der Waals surface area contributed by atoms with Crippen LogP contribution in [0.5, 0.6) is 0 Å². The first-order chi connectivity index (χ1) is 16.6. The average molecular weight is 478 g/mol. The largest absolute Gasteiger partial charge is 0.467 e. The van der Waals surface area contributed by atoms with Crippen LogP contribution in [0.25, 0.3) is 10.9 Å². The van der Waals surface area contributed by atoms with Gasteiger partial charge in [-0.1, -0.05) is 42.1 Å². The van der Waals surface area contributed by atoms with Gasteiger partial charge in [0.25, 0.3) is 5.56 Å². The summed E-state index contributed by atoms with van der Waals surface area (Å²) in [7, 11) is 0. The maximum absolute atomic E-state index is 13.2. The number of para-hydroxylation sites is 2. The highest BCUT2D eigenvalue weighted by molar-refractivity contribution is 7.99. The number of esters is 1. The predicted octanol–water partition coefficient (Wildman–Crippen LogP) is 3.73. The Hall–Kier alpha value is -3.85. The summed E-state index contributed by atoms with van der Waals surface area (Å²) in [5, 5.41) is 0.871. The molecule has 0 spiro atoms. The summed E-state index contributed by atoms with van der Waals surface area (Å²) < 4.78 is 12.0. The molecule has 0 saturated carbocycles. The van der Waals surface area contributed by atoms with Gasteiger partial charge in [-0.25, -0.2) is 4.98 Å². The molecule has 1 amide bonds. The molecule has 8 nitrogen and oxygen atoms in total. The molecule has 9 heteroatoms. The van der Waals surface area contributed by atoms with Gasteiger partial charge in [-0.15, -0.1) is 0 Å². The number of carbonyl (C=O) groups is 2. The number of thioether (sulfide) groups is 1. The van der Waals surface area contributed by atoms with Gasteiger partial charge in [0.1, 0.15) is 12.3 Å². The second-order valence-electron chi connectivity index (χ2n) is 7.29. The van der Waals surface area contributed by atoms with E-state index in [0.717, 1.165) is 11.8 Å². The average Bonchev–Trinajstić information content (AvgIpc) is 3.37. The van der Waals surface area contributed by atoms with E-state index in [1.54, 1.807) is 61.5 Å². The number of carbonyl (C=O) groups excluding carboxylic acids is 2. The Morgan fingerprint density at radius 2 is 1.82 bits per heavy atom. The summed E-state index contributed by atoms with van der Waals surface area (Å²) in [5.74, 6) is -0.239. The van der Waals surface area contributed by atoms with Crippen LogP contribution in [0.15, 0.2) is 87.4 Å². The monoisotopic (exact) mass is 477 g/mol. The Morgan fingerprint density at radius 1 is 1.06 bits per heavy atom. The van der Waals surface area contributed by atoms with Gasteiger partial charge in [0.05, 0.1) is 36.1 Å². The highest BCUT2D eigenvalue weighted by Gasteiger charge is 2.21. The number of anilines is 1. The molecule has 0 unspecified atom stereocenters. The molecule has 0 aliphatic heterocycles. The number of furan rings is 1. The second-order valence-corrected chi connectivity index (χ2v) is 8.23. The number of nitrogens with zero attached hydrogens (tertiary/aromatic N) is 3. The molecule has 0 aliphatic carbocycles. The van der Waals surface area contributed by atoms with Gasteiger partial charge in [-0.05, 0) is 43.3 Å². The fourth-order valence-corrected chi connectivity index (χ4v) is 4.30. The number of aromatic nitrogens is 2. The van der Waals surface area contributed by atoms with Gasteiger partial charge >= 0.3 is 5.97 Å². The molecule has 0 aliphatic rings. The summed E-state index contributed by atoms with van der Waals surface area (Å²) in [5.41, 5.74) is 0.911. The SMILES string of the molecule is CCOC(=O)CN(C(=O)CSc1nc2ccccc2c(=O)n1Cc1ccco1)c1ccccc1. The molecule has 0 fully saturated rings. The van der Waals surface area contributed by atoms with Crippen LogP contribution in [0.3, 0.4) is 0 Å². The minimum atomic E-state index is -0.497. The first-order valence-corrected chi connectivity index (χ1v) is 11.7. The quantitative estimate of drug-likeness (QED) is 0.206. The van der Waals surface area contributed by atoms with Crippen LogP contribution in [0, 0.1) is 0 Å². The van der Waals surface area contributed by atoms with Crippen LogP contribution >= 0.6 is 11.8 Å². The number of benzene rings is 2. The molecule has 4 aromatic rings. The van der Waals surface area contributed by atoms with E-state index in [2.05, 4.69) is 4.98 Å². The van der Waals surface area contributed by atoms with Crippen molar-refractivity contribution < 1.29 is 18.7 Å². The van der Waals surface area contributed by atoms with Crippen molar-refractivity contribution in [1.29, 1.82) is 0 Å². The first-order valence-electron chi connectivity index (χ1n) is 10.7. The summed E-state index contributed by atoms with van der Waals surface area (Å²) in [6.07, 6.45) is 1.54. The highest BCUT2D eigenvalue weighted by atomic mass is 32.2. The van der Waals surface area contributed by atoms with Crippen molar-refractivity contribution in [3.63, 3.8) is 0 Å². The van der Waals surface area contributed by atoms with Crippen molar-refractivity contribution in [3.05, 3.63) is 89.1 Å². The van der Waals surface area contributed by atoms with Crippen molar-refractivity contribution >= 4 is 40.2 Å². The van der Waals surface area contributed by atoms with Crippen LogP contribution in [0.2, 0.25) is 0 Å². The van der Waals surface area contributed by atoms with Gasteiger partial charge < -0.3 is 14.1 Å². The minimum Gasteiger partial charge on any atom is -0.467 e.